The van der Waals surface area contributed by atoms with Gasteiger partial charge in [-0.1, -0.05) is 29.8 Å². The number of aryl methyl sites for hydroxylation is 1. The number of hydrogen-bond donors (Lipinski definition) is 1. The number of rotatable bonds is 5. The molecule has 3 aromatic rings. The summed E-state index contributed by atoms with van der Waals surface area (Å²) in [6.07, 6.45) is -1.26. The van der Waals surface area contributed by atoms with Crippen LogP contribution in [0, 0.1) is 12.7 Å². The van der Waals surface area contributed by atoms with E-state index in [0.29, 0.717) is 11.4 Å². The molecule has 1 aromatic heterocycles. The Labute approximate surface area is 176 Å². The number of hydrogen-bond acceptors (Lipinski definition) is 5. The topological polar surface area (TPSA) is 90.3 Å². The minimum Gasteiger partial charge on any atom is -0.448 e. The summed E-state index contributed by atoms with van der Waals surface area (Å²) < 4.78 is 19.7. The molecule has 1 heterocycles. The van der Waals surface area contributed by atoms with Gasteiger partial charge in [0.05, 0.1) is 16.4 Å². The molecule has 1 amide bonds. The van der Waals surface area contributed by atoms with Crippen LogP contribution in [0.25, 0.3) is 5.69 Å². The smallest absolute Gasteiger partial charge is 0.363 e. The Balaban J connectivity index is 1.78. The Kier molecular flexibility index (Phi) is 6.27. The first-order chi connectivity index (χ1) is 14.3. The van der Waals surface area contributed by atoms with Crippen molar-refractivity contribution in [1.29, 1.82) is 0 Å². The van der Waals surface area contributed by atoms with Crippen molar-refractivity contribution in [3.8, 4) is 5.69 Å². The molecule has 1 atom stereocenters. The van der Waals surface area contributed by atoms with Crippen molar-refractivity contribution in [3.05, 3.63) is 87.0 Å². The van der Waals surface area contributed by atoms with Crippen molar-refractivity contribution >= 4 is 29.2 Å². The summed E-state index contributed by atoms with van der Waals surface area (Å²) in [6.45, 7) is 3.01. The number of aromatic nitrogens is 2. The second-order valence-corrected chi connectivity index (χ2v) is 6.81. The van der Waals surface area contributed by atoms with Crippen LogP contribution < -0.4 is 10.7 Å². The summed E-state index contributed by atoms with van der Waals surface area (Å²) >= 11 is 5.87. The van der Waals surface area contributed by atoms with Gasteiger partial charge in [-0.05, 0) is 44.2 Å². The van der Waals surface area contributed by atoms with Crippen LogP contribution in [-0.4, -0.2) is 27.8 Å². The van der Waals surface area contributed by atoms with Gasteiger partial charge in [0.15, 0.2) is 6.10 Å². The predicted molar refractivity (Wildman–Crippen MR) is 109 cm³/mol. The number of nitrogens with zero attached hydrogens (tertiary/aromatic N) is 2. The number of carbonyl (C=O) groups is 2. The van der Waals surface area contributed by atoms with Gasteiger partial charge in [0.25, 0.3) is 5.91 Å². The molecule has 0 aliphatic rings. The zero-order valence-electron chi connectivity index (χ0n) is 16.1. The minimum atomic E-state index is -1.26. The standard InChI is InChI=1S/C21H17ClFN3O4/c1-12-10-18(27)19(25-26(12)15-6-4-3-5-7-15)21(29)30-13(2)20(28)24-17-9-8-14(23)11-16(17)22/h3-11,13H,1-2H3,(H,24,28). The van der Waals surface area contributed by atoms with Gasteiger partial charge < -0.3 is 10.1 Å². The SMILES string of the molecule is Cc1cc(=O)c(C(=O)OC(C)C(=O)Nc2ccc(F)cc2Cl)nn1-c1ccccc1. The number of anilines is 1. The number of amides is 1. The van der Waals surface area contributed by atoms with E-state index in [1.807, 2.05) is 6.07 Å². The Morgan fingerprint density at radius 1 is 1.17 bits per heavy atom. The molecule has 9 heteroatoms. The molecule has 1 N–H and O–H groups in total. The summed E-state index contributed by atoms with van der Waals surface area (Å²) in [4.78, 5) is 37.0. The highest BCUT2D eigenvalue weighted by atomic mass is 35.5. The lowest BCUT2D eigenvalue weighted by atomic mass is 10.2. The molecular weight excluding hydrogens is 413 g/mol. The van der Waals surface area contributed by atoms with Crippen molar-refractivity contribution in [2.24, 2.45) is 0 Å². The van der Waals surface area contributed by atoms with Crippen LogP contribution in [0.3, 0.4) is 0 Å². The molecule has 0 spiro atoms. The first kappa shape index (κ1) is 21.2. The molecule has 0 bridgehead atoms. The van der Waals surface area contributed by atoms with Crippen molar-refractivity contribution in [2.75, 3.05) is 5.32 Å². The number of ether oxygens (including phenoxy) is 1. The van der Waals surface area contributed by atoms with Gasteiger partial charge in [-0.3, -0.25) is 9.59 Å². The fourth-order valence-corrected chi connectivity index (χ4v) is 2.83. The first-order valence-electron chi connectivity index (χ1n) is 8.89. The molecule has 2 aromatic carbocycles. The third kappa shape index (κ3) is 4.72. The summed E-state index contributed by atoms with van der Waals surface area (Å²) in [6, 6.07) is 13.6. The van der Waals surface area contributed by atoms with E-state index in [0.717, 1.165) is 12.1 Å². The zero-order valence-corrected chi connectivity index (χ0v) is 16.8. The van der Waals surface area contributed by atoms with E-state index in [9.17, 15) is 18.8 Å². The molecular formula is C21H17ClFN3O4. The molecule has 30 heavy (non-hydrogen) atoms. The maximum absolute atomic E-state index is 13.1. The monoisotopic (exact) mass is 429 g/mol. The molecule has 0 saturated heterocycles. The lowest BCUT2D eigenvalue weighted by Gasteiger charge is -2.15. The molecule has 7 nitrogen and oxygen atoms in total. The summed E-state index contributed by atoms with van der Waals surface area (Å²) in [5, 5.41) is 6.53. The van der Waals surface area contributed by atoms with Gasteiger partial charge in [-0.15, -0.1) is 0 Å². The van der Waals surface area contributed by atoms with Crippen LogP contribution in [0.15, 0.2) is 59.4 Å². The summed E-state index contributed by atoms with van der Waals surface area (Å²) in [7, 11) is 0. The van der Waals surface area contributed by atoms with Gasteiger partial charge in [0, 0.05) is 11.8 Å². The van der Waals surface area contributed by atoms with E-state index in [2.05, 4.69) is 10.4 Å². The highest BCUT2D eigenvalue weighted by Gasteiger charge is 2.23. The largest absolute Gasteiger partial charge is 0.448 e. The van der Waals surface area contributed by atoms with Gasteiger partial charge in [-0.2, -0.15) is 5.10 Å². The Bertz CT molecular complexity index is 1160. The Hall–Kier alpha value is -3.52. The normalized spacial score (nSPS) is 11.6. The summed E-state index contributed by atoms with van der Waals surface area (Å²) in [5.41, 5.74) is 0.258. The van der Waals surface area contributed by atoms with Crippen molar-refractivity contribution in [1.82, 2.24) is 9.78 Å². The minimum absolute atomic E-state index is 0.00664. The first-order valence-corrected chi connectivity index (χ1v) is 9.27. The highest BCUT2D eigenvalue weighted by molar-refractivity contribution is 6.33. The molecule has 0 aliphatic heterocycles. The number of benzene rings is 2. The zero-order chi connectivity index (χ0) is 21.8. The number of esters is 1. The van der Waals surface area contributed by atoms with E-state index in [-0.39, 0.29) is 10.7 Å². The average Bonchev–Trinajstić information content (AvgIpc) is 2.70. The van der Waals surface area contributed by atoms with Crippen LogP contribution in [0.4, 0.5) is 10.1 Å². The van der Waals surface area contributed by atoms with Crippen LogP contribution >= 0.6 is 11.6 Å². The average molecular weight is 430 g/mol. The van der Waals surface area contributed by atoms with Crippen molar-refractivity contribution in [2.45, 2.75) is 20.0 Å². The van der Waals surface area contributed by atoms with Crippen LogP contribution in [0.1, 0.15) is 23.1 Å². The Morgan fingerprint density at radius 2 is 1.87 bits per heavy atom. The van der Waals surface area contributed by atoms with Crippen molar-refractivity contribution < 1.29 is 18.7 Å². The molecule has 1 unspecified atom stereocenters. The quantitative estimate of drug-likeness (QED) is 0.627. The Morgan fingerprint density at radius 3 is 2.53 bits per heavy atom. The second-order valence-electron chi connectivity index (χ2n) is 6.41. The fourth-order valence-electron chi connectivity index (χ4n) is 2.61. The predicted octanol–water partition coefficient (Wildman–Crippen LogP) is 3.52. The third-order valence-corrected chi connectivity index (χ3v) is 4.46. The maximum atomic E-state index is 13.1. The third-order valence-electron chi connectivity index (χ3n) is 4.14. The number of para-hydroxylation sites is 1. The van der Waals surface area contributed by atoms with E-state index in [1.54, 1.807) is 31.2 Å². The molecule has 3 rings (SSSR count). The molecule has 0 radical (unpaired) electrons. The number of carbonyl (C=O) groups excluding carboxylic acids is 2. The van der Waals surface area contributed by atoms with Gasteiger partial charge in [0.1, 0.15) is 5.82 Å². The molecule has 0 saturated carbocycles. The van der Waals surface area contributed by atoms with E-state index in [4.69, 9.17) is 16.3 Å². The lowest BCUT2D eigenvalue weighted by molar-refractivity contribution is -0.123. The number of halogens is 2. The van der Waals surface area contributed by atoms with E-state index < -0.39 is 34.9 Å². The maximum Gasteiger partial charge on any atom is 0.363 e. The van der Waals surface area contributed by atoms with Crippen LogP contribution in [-0.2, 0) is 9.53 Å². The molecule has 0 aliphatic carbocycles. The van der Waals surface area contributed by atoms with Gasteiger partial charge in [0.2, 0.25) is 11.1 Å². The lowest BCUT2D eigenvalue weighted by Crippen LogP contribution is -2.33. The van der Waals surface area contributed by atoms with Crippen molar-refractivity contribution in [3.63, 3.8) is 0 Å². The fraction of sp³-hybridized carbons (Fsp3) is 0.143. The van der Waals surface area contributed by atoms with Gasteiger partial charge in [-0.25, -0.2) is 13.9 Å². The van der Waals surface area contributed by atoms with E-state index >= 15 is 0 Å². The summed E-state index contributed by atoms with van der Waals surface area (Å²) in [5.74, 6) is -2.30. The van der Waals surface area contributed by atoms with Gasteiger partial charge >= 0.3 is 5.97 Å². The van der Waals surface area contributed by atoms with E-state index in [1.165, 1.54) is 23.7 Å². The number of nitrogens with one attached hydrogen (secondary N) is 1. The van der Waals surface area contributed by atoms with Crippen LogP contribution in [0.2, 0.25) is 5.02 Å². The highest BCUT2D eigenvalue weighted by Crippen LogP contribution is 2.22. The molecule has 154 valence electrons. The van der Waals surface area contributed by atoms with Crippen LogP contribution in [0.5, 0.6) is 0 Å². The second kappa shape index (κ2) is 8.87. The molecule has 0 fully saturated rings.